The first kappa shape index (κ1) is 13.4. The number of hydrogen-bond donors (Lipinski definition) is 1. The van der Waals surface area contributed by atoms with Gasteiger partial charge in [0.2, 0.25) is 0 Å². The average molecular weight is 329 g/mol. The van der Waals surface area contributed by atoms with Crippen molar-refractivity contribution in [2.45, 2.75) is 13.0 Å². The van der Waals surface area contributed by atoms with Crippen molar-refractivity contribution in [3.63, 3.8) is 0 Å². The van der Waals surface area contributed by atoms with E-state index < -0.39 is 0 Å². The summed E-state index contributed by atoms with van der Waals surface area (Å²) in [6.07, 6.45) is 0. The maximum absolute atomic E-state index is 12.9. The summed E-state index contributed by atoms with van der Waals surface area (Å²) in [5.74, 6) is -0.332. The van der Waals surface area contributed by atoms with Crippen LogP contribution in [0.2, 0.25) is 5.02 Å². The van der Waals surface area contributed by atoms with Crippen molar-refractivity contribution < 1.29 is 4.39 Å². The Morgan fingerprint density at radius 1 is 1.17 bits per heavy atom. The largest absolute Gasteiger partial charge is 0.377 e. The summed E-state index contributed by atoms with van der Waals surface area (Å²) in [7, 11) is 0. The van der Waals surface area contributed by atoms with Crippen LogP contribution in [0, 0.1) is 5.82 Å². The molecule has 4 heteroatoms. The second kappa shape index (κ2) is 5.72. The molecule has 2 aromatic carbocycles. The van der Waals surface area contributed by atoms with Gasteiger partial charge in [-0.2, -0.15) is 0 Å². The third-order valence-corrected chi connectivity index (χ3v) is 3.51. The molecule has 94 valence electrons. The summed E-state index contributed by atoms with van der Waals surface area (Å²) in [6, 6.07) is 12.5. The van der Waals surface area contributed by atoms with Crippen molar-refractivity contribution in [3.05, 3.63) is 63.3 Å². The van der Waals surface area contributed by atoms with Gasteiger partial charge in [0, 0.05) is 10.5 Å². The smallest absolute Gasteiger partial charge is 0.124 e. The normalized spacial score (nSPS) is 12.2. The van der Waals surface area contributed by atoms with Gasteiger partial charge in [-0.25, -0.2) is 4.39 Å². The number of benzene rings is 2. The first-order valence-electron chi connectivity index (χ1n) is 5.53. The zero-order valence-electron chi connectivity index (χ0n) is 9.75. The van der Waals surface area contributed by atoms with Gasteiger partial charge in [0.15, 0.2) is 0 Å². The van der Waals surface area contributed by atoms with Gasteiger partial charge in [-0.15, -0.1) is 0 Å². The van der Waals surface area contributed by atoms with E-state index in [2.05, 4.69) is 21.2 Å². The van der Waals surface area contributed by atoms with Gasteiger partial charge < -0.3 is 5.32 Å². The maximum Gasteiger partial charge on any atom is 0.124 e. The minimum absolute atomic E-state index is 0.0982. The number of halogens is 3. The minimum Gasteiger partial charge on any atom is -0.377 e. The van der Waals surface area contributed by atoms with Crippen LogP contribution in [0.4, 0.5) is 10.1 Å². The second-order valence-corrected chi connectivity index (χ2v) is 5.36. The third-order valence-electron chi connectivity index (χ3n) is 2.67. The lowest BCUT2D eigenvalue weighted by molar-refractivity contribution is 0.628. The highest BCUT2D eigenvalue weighted by atomic mass is 79.9. The fraction of sp³-hybridized carbons (Fsp3) is 0.143. The molecule has 2 aromatic rings. The van der Waals surface area contributed by atoms with Crippen LogP contribution in [0.15, 0.2) is 46.9 Å². The molecule has 0 spiro atoms. The van der Waals surface area contributed by atoms with E-state index >= 15 is 0 Å². The van der Waals surface area contributed by atoms with E-state index in [1.807, 2.05) is 31.2 Å². The van der Waals surface area contributed by atoms with Crippen LogP contribution in [0.3, 0.4) is 0 Å². The Morgan fingerprint density at radius 3 is 2.44 bits per heavy atom. The maximum atomic E-state index is 12.9. The van der Waals surface area contributed by atoms with E-state index in [-0.39, 0.29) is 11.9 Å². The Hall–Kier alpha value is -1.06. The van der Waals surface area contributed by atoms with E-state index in [9.17, 15) is 4.39 Å². The van der Waals surface area contributed by atoms with Gasteiger partial charge in [-0.05, 0) is 42.8 Å². The lowest BCUT2D eigenvalue weighted by Gasteiger charge is -2.16. The molecule has 0 saturated heterocycles. The highest BCUT2D eigenvalue weighted by Gasteiger charge is 2.08. The molecule has 0 aliphatic rings. The highest BCUT2D eigenvalue weighted by Crippen LogP contribution is 2.27. The SMILES string of the molecule is CC(Nc1ccc(F)cc1Cl)c1ccc(Br)cc1. The van der Waals surface area contributed by atoms with Crippen molar-refractivity contribution in [3.8, 4) is 0 Å². The predicted molar refractivity (Wildman–Crippen MR) is 77.6 cm³/mol. The summed E-state index contributed by atoms with van der Waals surface area (Å²) in [5.41, 5.74) is 1.87. The first-order chi connectivity index (χ1) is 8.56. The van der Waals surface area contributed by atoms with E-state index in [1.165, 1.54) is 12.1 Å². The molecule has 0 heterocycles. The molecule has 0 amide bonds. The van der Waals surface area contributed by atoms with Gasteiger partial charge in [-0.3, -0.25) is 0 Å². The minimum atomic E-state index is -0.332. The molecule has 0 aromatic heterocycles. The van der Waals surface area contributed by atoms with Crippen molar-refractivity contribution in [2.24, 2.45) is 0 Å². The quantitative estimate of drug-likeness (QED) is 0.794. The number of anilines is 1. The molecule has 0 aliphatic heterocycles. The van der Waals surface area contributed by atoms with Gasteiger partial charge >= 0.3 is 0 Å². The van der Waals surface area contributed by atoms with Gasteiger partial charge in [0.05, 0.1) is 10.7 Å². The molecule has 1 nitrogen and oxygen atoms in total. The van der Waals surface area contributed by atoms with Crippen molar-refractivity contribution in [1.29, 1.82) is 0 Å². The third kappa shape index (κ3) is 3.24. The summed E-state index contributed by atoms with van der Waals surface area (Å²) in [6.45, 7) is 2.03. The molecule has 0 saturated carbocycles. The van der Waals surface area contributed by atoms with Crippen LogP contribution in [-0.2, 0) is 0 Å². The Bertz CT molecular complexity index is 542. The Labute approximate surface area is 119 Å². The van der Waals surface area contributed by atoms with Crippen molar-refractivity contribution in [1.82, 2.24) is 0 Å². The van der Waals surface area contributed by atoms with Crippen molar-refractivity contribution >= 4 is 33.2 Å². The van der Waals surface area contributed by atoms with Crippen LogP contribution in [0.1, 0.15) is 18.5 Å². The molecule has 0 radical (unpaired) electrons. The summed E-state index contributed by atoms with van der Waals surface area (Å²) in [5, 5.41) is 3.65. The van der Waals surface area contributed by atoms with E-state index in [1.54, 1.807) is 6.07 Å². The molecule has 2 rings (SSSR count). The topological polar surface area (TPSA) is 12.0 Å². The van der Waals surface area contributed by atoms with E-state index in [0.717, 1.165) is 15.7 Å². The molecule has 1 atom stereocenters. The number of rotatable bonds is 3. The molecule has 1 unspecified atom stereocenters. The van der Waals surface area contributed by atoms with Crippen LogP contribution in [0.5, 0.6) is 0 Å². The Kier molecular flexibility index (Phi) is 4.25. The van der Waals surface area contributed by atoms with E-state index in [4.69, 9.17) is 11.6 Å². The van der Waals surface area contributed by atoms with Crippen LogP contribution in [-0.4, -0.2) is 0 Å². The van der Waals surface area contributed by atoms with Crippen LogP contribution >= 0.6 is 27.5 Å². The number of hydrogen-bond acceptors (Lipinski definition) is 1. The predicted octanol–water partition coefficient (Wildman–Crippen LogP) is 5.41. The summed E-state index contributed by atoms with van der Waals surface area (Å²) >= 11 is 9.37. The van der Waals surface area contributed by atoms with E-state index in [0.29, 0.717) is 5.02 Å². The molecule has 18 heavy (non-hydrogen) atoms. The van der Waals surface area contributed by atoms with Crippen molar-refractivity contribution in [2.75, 3.05) is 5.32 Å². The van der Waals surface area contributed by atoms with Gasteiger partial charge in [0.1, 0.15) is 5.82 Å². The molecular weight excluding hydrogens is 317 g/mol. The van der Waals surface area contributed by atoms with Crippen LogP contribution < -0.4 is 5.32 Å². The number of nitrogens with one attached hydrogen (secondary N) is 1. The first-order valence-corrected chi connectivity index (χ1v) is 6.70. The lowest BCUT2D eigenvalue weighted by atomic mass is 10.1. The fourth-order valence-electron chi connectivity index (χ4n) is 1.67. The second-order valence-electron chi connectivity index (χ2n) is 4.04. The highest BCUT2D eigenvalue weighted by molar-refractivity contribution is 9.10. The molecule has 0 fully saturated rings. The average Bonchev–Trinajstić information content (AvgIpc) is 2.33. The Balaban J connectivity index is 2.15. The standard InChI is InChI=1S/C14H12BrClFN/c1-9(10-2-4-11(15)5-3-10)18-14-7-6-12(17)8-13(14)16/h2-9,18H,1H3. The molecule has 0 bridgehead atoms. The molecular formula is C14H12BrClFN. The summed E-state index contributed by atoms with van der Waals surface area (Å²) < 4.78 is 14.0. The van der Waals surface area contributed by atoms with Gasteiger partial charge in [0.25, 0.3) is 0 Å². The van der Waals surface area contributed by atoms with Crippen LogP contribution in [0.25, 0.3) is 0 Å². The lowest BCUT2D eigenvalue weighted by Crippen LogP contribution is -2.06. The fourth-order valence-corrected chi connectivity index (χ4v) is 2.16. The molecule has 1 N–H and O–H groups in total. The Morgan fingerprint density at radius 2 is 1.83 bits per heavy atom. The molecule has 0 aliphatic carbocycles. The van der Waals surface area contributed by atoms with Gasteiger partial charge in [-0.1, -0.05) is 39.7 Å². The monoisotopic (exact) mass is 327 g/mol. The zero-order valence-corrected chi connectivity index (χ0v) is 12.1. The summed E-state index contributed by atoms with van der Waals surface area (Å²) in [4.78, 5) is 0. The zero-order chi connectivity index (χ0) is 13.1.